The van der Waals surface area contributed by atoms with Gasteiger partial charge in [0.1, 0.15) is 5.75 Å². The van der Waals surface area contributed by atoms with E-state index in [4.69, 9.17) is 4.74 Å². The summed E-state index contributed by atoms with van der Waals surface area (Å²) in [6, 6.07) is 15.7. The summed E-state index contributed by atoms with van der Waals surface area (Å²) in [4.78, 5) is 31.6. The van der Waals surface area contributed by atoms with E-state index in [1.807, 2.05) is 6.07 Å². The van der Waals surface area contributed by atoms with Crippen LogP contribution in [0.15, 0.2) is 67.0 Å². The molecule has 3 rings (SSSR count). The summed E-state index contributed by atoms with van der Waals surface area (Å²) in [7, 11) is 1.28. The molecule has 7 nitrogen and oxygen atoms in total. The standard InChI is InChI=1S/C19H15N3O4/c1-25-18(23)17-12-20-11-16(22-17)13-7-9-14(10-8-13)21-19(24)26-15-5-3-2-4-6-15/h2-12H,1H3,(H,21,24). The van der Waals surface area contributed by atoms with Crippen LogP contribution in [0.25, 0.3) is 11.3 Å². The Bertz CT molecular complexity index is 912. The number of aromatic nitrogens is 2. The number of ether oxygens (including phenoxy) is 2. The molecule has 0 aliphatic rings. The van der Waals surface area contributed by atoms with Gasteiger partial charge < -0.3 is 9.47 Å². The quantitative estimate of drug-likeness (QED) is 0.725. The summed E-state index contributed by atoms with van der Waals surface area (Å²) in [6.45, 7) is 0. The van der Waals surface area contributed by atoms with Crippen molar-refractivity contribution in [2.24, 2.45) is 0 Å². The van der Waals surface area contributed by atoms with Gasteiger partial charge in [-0.1, -0.05) is 30.3 Å². The van der Waals surface area contributed by atoms with Gasteiger partial charge in [-0.05, 0) is 24.3 Å². The van der Waals surface area contributed by atoms with Crippen LogP contribution in [0.3, 0.4) is 0 Å². The second-order valence-electron chi connectivity index (χ2n) is 5.19. The first-order valence-corrected chi connectivity index (χ1v) is 7.70. The van der Waals surface area contributed by atoms with Gasteiger partial charge in [-0.15, -0.1) is 0 Å². The molecule has 1 N–H and O–H groups in total. The zero-order valence-corrected chi connectivity index (χ0v) is 13.9. The third kappa shape index (κ3) is 4.21. The van der Waals surface area contributed by atoms with Crippen molar-refractivity contribution in [3.63, 3.8) is 0 Å². The Labute approximate surface area is 149 Å². The fourth-order valence-electron chi connectivity index (χ4n) is 2.17. The van der Waals surface area contributed by atoms with Gasteiger partial charge in [-0.3, -0.25) is 10.3 Å². The number of benzene rings is 2. The second kappa shape index (κ2) is 7.89. The van der Waals surface area contributed by atoms with Gasteiger partial charge >= 0.3 is 12.1 Å². The largest absolute Gasteiger partial charge is 0.464 e. The van der Waals surface area contributed by atoms with Crippen LogP contribution in [0.1, 0.15) is 10.5 Å². The van der Waals surface area contributed by atoms with E-state index in [0.29, 0.717) is 17.1 Å². The fraction of sp³-hybridized carbons (Fsp3) is 0.0526. The highest BCUT2D eigenvalue weighted by Crippen LogP contribution is 2.20. The molecule has 130 valence electrons. The van der Waals surface area contributed by atoms with Crippen LogP contribution in [0.4, 0.5) is 10.5 Å². The van der Waals surface area contributed by atoms with E-state index in [9.17, 15) is 9.59 Å². The van der Waals surface area contributed by atoms with Crippen molar-refractivity contribution in [2.45, 2.75) is 0 Å². The minimum Gasteiger partial charge on any atom is -0.464 e. The SMILES string of the molecule is COC(=O)c1cncc(-c2ccc(NC(=O)Oc3ccccc3)cc2)n1. The molecule has 0 radical (unpaired) electrons. The summed E-state index contributed by atoms with van der Waals surface area (Å²) in [5.41, 5.74) is 1.95. The maximum Gasteiger partial charge on any atom is 0.417 e. The van der Waals surface area contributed by atoms with E-state index in [1.165, 1.54) is 13.3 Å². The second-order valence-corrected chi connectivity index (χ2v) is 5.19. The number of methoxy groups -OCH3 is 1. The number of para-hydroxylation sites is 1. The van der Waals surface area contributed by atoms with Crippen LogP contribution in [0, 0.1) is 0 Å². The molecule has 0 bridgehead atoms. The zero-order chi connectivity index (χ0) is 18.4. The highest BCUT2D eigenvalue weighted by Gasteiger charge is 2.10. The lowest BCUT2D eigenvalue weighted by Crippen LogP contribution is -2.16. The molecule has 0 atom stereocenters. The lowest BCUT2D eigenvalue weighted by atomic mass is 10.1. The van der Waals surface area contributed by atoms with Crippen molar-refractivity contribution in [1.82, 2.24) is 9.97 Å². The monoisotopic (exact) mass is 349 g/mol. The minimum absolute atomic E-state index is 0.124. The number of nitrogens with one attached hydrogen (secondary N) is 1. The van der Waals surface area contributed by atoms with Crippen LogP contribution in [0.2, 0.25) is 0 Å². The van der Waals surface area contributed by atoms with Crippen molar-refractivity contribution in [1.29, 1.82) is 0 Å². The van der Waals surface area contributed by atoms with Crippen molar-refractivity contribution in [2.75, 3.05) is 12.4 Å². The Morgan fingerprint density at radius 1 is 0.962 bits per heavy atom. The summed E-state index contributed by atoms with van der Waals surface area (Å²) in [6.07, 6.45) is 2.29. The number of anilines is 1. The summed E-state index contributed by atoms with van der Waals surface area (Å²) >= 11 is 0. The van der Waals surface area contributed by atoms with Crippen LogP contribution < -0.4 is 10.1 Å². The maximum atomic E-state index is 11.9. The Hall–Kier alpha value is -3.74. The van der Waals surface area contributed by atoms with Gasteiger partial charge in [0.25, 0.3) is 0 Å². The molecule has 0 unspecified atom stereocenters. The molecular weight excluding hydrogens is 334 g/mol. The molecule has 1 aromatic heterocycles. The van der Waals surface area contributed by atoms with Gasteiger partial charge in [-0.2, -0.15) is 0 Å². The maximum absolute atomic E-state index is 11.9. The van der Waals surface area contributed by atoms with Crippen molar-refractivity contribution < 1.29 is 19.1 Å². The number of amides is 1. The molecule has 7 heteroatoms. The Kier molecular flexibility index (Phi) is 5.19. The normalized spacial score (nSPS) is 10.0. The highest BCUT2D eigenvalue weighted by molar-refractivity contribution is 5.88. The summed E-state index contributed by atoms with van der Waals surface area (Å²) in [5, 5.41) is 2.64. The van der Waals surface area contributed by atoms with E-state index in [1.54, 1.807) is 54.7 Å². The Morgan fingerprint density at radius 3 is 2.38 bits per heavy atom. The first-order valence-electron chi connectivity index (χ1n) is 7.70. The van der Waals surface area contributed by atoms with Crippen molar-refractivity contribution in [3.8, 4) is 17.0 Å². The molecule has 0 aliphatic heterocycles. The smallest absolute Gasteiger partial charge is 0.417 e. The molecule has 26 heavy (non-hydrogen) atoms. The van der Waals surface area contributed by atoms with Crippen LogP contribution in [-0.4, -0.2) is 29.1 Å². The molecule has 0 fully saturated rings. The van der Waals surface area contributed by atoms with E-state index < -0.39 is 12.1 Å². The molecule has 1 heterocycles. The third-order valence-electron chi connectivity index (χ3n) is 3.41. The number of rotatable bonds is 4. The average Bonchev–Trinajstić information content (AvgIpc) is 2.68. The van der Waals surface area contributed by atoms with Gasteiger partial charge in [0.2, 0.25) is 0 Å². The highest BCUT2D eigenvalue weighted by atomic mass is 16.6. The van der Waals surface area contributed by atoms with Gasteiger partial charge in [-0.25, -0.2) is 14.6 Å². The summed E-state index contributed by atoms with van der Waals surface area (Å²) in [5.74, 6) is -0.0992. The molecule has 3 aromatic rings. The Morgan fingerprint density at radius 2 is 1.69 bits per heavy atom. The minimum atomic E-state index is -0.587. The molecule has 0 aliphatic carbocycles. The van der Waals surface area contributed by atoms with E-state index in [2.05, 4.69) is 20.0 Å². The van der Waals surface area contributed by atoms with Gasteiger partial charge in [0.05, 0.1) is 25.2 Å². The van der Waals surface area contributed by atoms with Crippen LogP contribution in [-0.2, 0) is 4.74 Å². The zero-order valence-electron chi connectivity index (χ0n) is 13.9. The van der Waals surface area contributed by atoms with E-state index in [0.717, 1.165) is 5.56 Å². The van der Waals surface area contributed by atoms with Crippen LogP contribution >= 0.6 is 0 Å². The van der Waals surface area contributed by atoms with E-state index in [-0.39, 0.29) is 5.69 Å². The molecule has 0 spiro atoms. The number of hydrogen-bond acceptors (Lipinski definition) is 6. The molecular formula is C19H15N3O4. The fourth-order valence-corrected chi connectivity index (χ4v) is 2.17. The lowest BCUT2D eigenvalue weighted by molar-refractivity contribution is 0.0593. The van der Waals surface area contributed by atoms with Crippen molar-refractivity contribution in [3.05, 3.63) is 72.7 Å². The molecule has 1 amide bonds. The first-order chi connectivity index (χ1) is 12.7. The first kappa shape index (κ1) is 17.1. The predicted molar refractivity (Wildman–Crippen MR) is 94.9 cm³/mol. The van der Waals surface area contributed by atoms with Gasteiger partial charge in [0, 0.05) is 11.3 Å². The number of carbonyl (C=O) groups excluding carboxylic acids is 2. The number of nitrogens with zero attached hydrogens (tertiary/aromatic N) is 2. The Balaban J connectivity index is 1.69. The van der Waals surface area contributed by atoms with Crippen LogP contribution in [0.5, 0.6) is 5.75 Å². The average molecular weight is 349 g/mol. The van der Waals surface area contributed by atoms with E-state index >= 15 is 0 Å². The van der Waals surface area contributed by atoms with Crippen molar-refractivity contribution >= 4 is 17.7 Å². The third-order valence-corrected chi connectivity index (χ3v) is 3.41. The topological polar surface area (TPSA) is 90.4 Å². The lowest BCUT2D eigenvalue weighted by Gasteiger charge is -2.07. The summed E-state index contributed by atoms with van der Waals surface area (Å²) < 4.78 is 9.80. The molecule has 2 aromatic carbocycles. The van der Waals surface area contributed by atoms with Gasteiger partial charge in [0.15, 0.2) is 5.69 Å². The number of hydrogen-bond donors (Lipinski definition) is 1. The molecule has 0 saturated carbocycles. The molecule has 0 saturated heterocycles. The number of esters is 1. The predicted octanol–water partition coefficient (Wildman–Crippen LogP) is 3.54. The number of carbonyl (C=O) groups is 2.